The van der Waals surface area contributed by atoms with Gasteiger partial charge in [0.2, 0.25) is 0 Å². The van der Waals surface area contributed by atoms with Crippen molar-refractivity contribution in [2.45, 2.75) is 20.8 Å². The smallest absolute Gasteiger partial charge is 0.135 e. The Morgan fingerprint density at radius 3 is 2.50 bits per heavy atom. The molecule has 0 bridgehead atoms. The normalized spacial score (nSPS) is 10.2. The monoisotopic (exact) mass is 214 g/mol. The first-order chi connectivity index (χ1) is 7.65. The average Bonchev–Trinajstić information content (AvgIpc) is 2.24. The van der Waals surface area contributed by atoms with Gasteiger partial charge in [-0.1, -0.05) is 0 Å². The molecular formula is C12H14N4. The molecule has 0 saturated carbocycles. The molecule has 2 rings (SSSR count). The molecule has 0 atom stereocenters. The number of nitrogens with zero attached hydrogens (tertiary/aromatic N) is 3. The number of rotatable bonds is 2. The van der Waals surface area contributed by atoms with Gasteiger partial charge in [-0.2, -0.15) is 0 Å². The highest BCUT2D eigenvalue weighted by Crippen LogP contribution is 2.14. The van der Waals surface area contributed by atoms with E-state index in [4.69, 9.17) is 0 Å². The first-order valence-electron chi connectivity index (χ1n) is 5.15. The minimum atomic E-state index is 0.744. The van der Waals surface area contributed by atoms with Gasteiger partial charge in [0.1, 0.15) is 17.5 Å². The second kappa shape index (κ2) is 4.26. The fraction of sp³-hybridized carbons (Fsp3) is 0.250. The first-order valence-corrected chi connectivity index (χ1v) is 5.15. The van der Waals surface area contributed by atoms with Gasteiger partial charge in [0.05, 0.1) is 0 Å². The Bertz CT molecular complexity index is 508. The second-order valence-corrected chi connectivity index (χ2v) is 3.77. The molecule has 4 nitrogen and oxygen atoms in total. The average molecular weight is 214 g/mol. The van der Waals surface area contributed by atoms with Gasteiger partial charge in [-0.15, -0.1) is 0 Å². The Morgan fingerprint density at radius 1 is 1.00 bits per heavy atom. The van der Waals surface area contributed by atoms with Crippen molar-refractivity contribution in [3.63, 3.8) is 0 Å². The summed E-state index contributed by atoms with van der Waals surface area (Å²) in [6, 6.07) is 3.83. The lowest BCUT2D eigenvalue weighted by atomic mass is 10.2. The van der Waals surface area contributed by atoms with Crippen molar-refractivity contribution in [1.29, 1.82) is 0 Å². The molecule has 0 aliphatic heterocycles. The van der Waals surface area contributed by atoms with Gasteiger partial charge < -0.3 is 5.32 Å². The fourth-order valence-corrected chi connectivity index (χ4v) is 1.35. The van der Waals surface area contributed by atoms with Crippen LogP contribution in [0.4, 0.5) is 11.6 Å². The Kier molecular flexibility index (Phi) is 2.81. The summed E-state index contributed by atoms with van der Waals surface area (Å²) in [7, 11) is 0. The van der Waals surface area contributed by atoms with Crippen LogP contribution in [0.25, 0.3) is 0 Å². The predicted octanol–water partition coefficient (Wildman–Crippen LogP) is 2.54. The summed E-state index contributed by atoms with van der Waals surface area (Å²) in [5.41, 5.74) is 2.40. The highest BCUT2D eigenvalue weighted by Gasteiger charge is 2.00. The van der Waals surface area contributed by atoms with E-state index in [1.807, 2.05) is 32.2 Å². The van der Waals surface area contributed by atoms with Gasteiger partial charge in [0.15, 0.2) is 0 Å². The molecule has 0 radical (unpaired) electrons. The van der Waals surface area contributed by atoms with Crippen LogP contribution in [0.1, 0.15) is 17.0 Å². The van der Waals surface area contributed by atoms with Crippen LogP contribution in [0.3, 0.4) is 0 Å². The summed E-state index contributed by atoms with van der Waals surface area (Å²) < 4.78 is 0. The number of aromatic nitrogens is 3. The van der Waals surface area contributed by atoms with Crippen molar-refractivity contribution in [2.75, 3.05) is 5.32 Å². The highest BCUT2D eigenvalue weighted by molar-refractivity contribution is 5.52. The molecule has 0 saturated heterocycles. The maximum Gasteiger partial charge on any atom is 0.135 e. The standard InChI is InChI=1S/C12H14N4/c1-8-6-12(14-7-9(8)2)16-11-4-5-13-10(3)15-11/h4-7H,1-3H3,(H,13,14,15,16). The van der Waals surface area contributed by atoms with E-state index in [1.54, 1.807) is 6.20 Å². The number of nitrogens with one attached hydrogen (secondary N) is 1. The maximum absolute atomic E-state index is 4.29. The third-order valence-corrected chi connectivity index (χ3v) is 2.40. The predicted molar refractivity (Wildman–Crippen MR) is 63.8 cm³/mol. The lowest BCUT2D eigenvalue weighted by Crippen LogP contribution is -1.99. The molecule has 0 aliphatic carbocycles. The minimum Gasteiger partial charge on any atom is -0.325 e. The first kappa shape index (κ1) is 10.5. The zero-order valence-electron chi connectivity index (χ0n) is 9.65. The molecule has 0 aliphatic rings. The van der Waals surface area contributed by atoms with E-state index in [-0.39, 0.29) is 0 Å². The lowest BCUT2D eigenvalue weighted by Gasteiger charge is -2.06. The number of hydrogen-bond donors (Lipinski definition) is 1. The van der Waals surface area contributed by atoms with Crippen LogP contribution in [-0.2, 0) is 0 Å². The second-order valence-electron chi connectivity index (χ2n) is 3.77. The van der Waals surface area contributed by atoms with Crippen molar-refractivity contribution in [3.05, 3.63) is 41.5 Å². The van der Waals surface area contributed by atoms with E-state index >= 15 is 0 Å². The summed E-state index contributed by atoms with van der Waals surface area (Å²) in [5.74, 6) is 2.32. The minimum absolute atomic E-state index is 0.744. The third kappa shape index (κ3) is 2.34. The van der Waals surface area contributed by atoms with Gasteiger partial charge in [0.25, 0.3) is 0 Å². The van der Waals surface area contributed by atoms with Gasteiger partial charge in [-0.3, -0.25) is 0 Å². The number of anilines is 2. The van der Waals surface area contributed by atoms with Crippen LogP contribution < -0.4 is 5.32 Å². The number of aryl methyl sites for hydroxylation is 3. The van der Waals surface area contributed by atoms with E-state index < -0.39 is 0 Å². The molecule has 0 spiro atoms. The zero-order chi connectivity index (χ0) is 11.5. The Balaban J connectivity index is 2.24. The highest BCUT2D eigenvalue weighted by atomic mass is 15.1. The molecule has 2 aromatic rings. The van der Waals surface area contributed by atoms with E-state index in [0.29, 0.717) is 0 Å². The van der Waals surface area contributed by atoms with Gasteiger partial charge in [0, 0.05) is 12.4 Å². The molecule has 4 heteroatoms. The molecule has 0 amide bonds. The molecule has 1 N–H and O–H groups in total. The summed E-state index contributed by atoms with van der Waals surface area (Å²) in [6.07, 6.45) is 3.58. The van der Waals surface area contributed by atoms with E-state index in [1.165, 1.54) is 11.1 Å². The lowest BCUT2D eigenvalue weighted by molar-refractivity contribution is 1.05. The zero-order valence-corrected chi connectivity index (χ0v) is 9.65. The van der Waals surface area contributed by atoms with Crippen LogP contribution >= 0.6 is 0 Å². The Labute approximate surface area is 94.8 Å². The van der Waals surface area contributed by atoms with Crippen molar-refractivity contribution >= 4 is 11.6 Å². The molecule has 2 heterocycles. The quantitative estimate of drug-likeness (QED) is 0.834. The molecular weight excluding hydrogens is 200 g/mol. The molecule has 0 fully saturated rings. The van der Waals surface area contributed by atoms with Crippen LogP contribution in [0.5, 0.6) is 0 Å². The molecule has 0 aromatic carbocycles. The van der Waals surface area contributed by atoms with Gasteiger partial charge >= 0.3 is 0 Å². The van der Waals surface area contributed by atoms with E-state index in [9.17, 15) is 0 Å². The van der Waals surface area contributed by atoms with Crippen molar-refractivity contribution in [3.8, 4) is 0 Å². The SMILES string of the molecule is Cc1nccc(Nc2cc(C)c(C)cn2)n1. The fourth-order valence-electron chi connectivity index (χ4n) is 1.35. The van der Waals surface area contributed by atoms with Crippen molar-refractivity contribution < 1.29 is 0 Å². The molecule has 0 unspecified atom stereocenters. The summed E-state index contributed by atoms with van der Waals surface area (Å²) in [6.45, 7) is 5.97. The molecule has 16 heavy (non-hydrogen) atoms. The van der Waals surface area contributed by atoms with Gasteiger partial charge in [-0.05, 0) is 44.0 Å². The Hall–Kier alpha value is -1.97. The molecule has 82 valence electrons. The van der Waals surface area contributed by atoms with E-state index in [0.717, 1.165) is 17.5 Å². The number of hydrogen-bond acceptors (Lipinski definition) is 4. The van der Waals surface area contributed by atoms with Crippen LogP contribution in [0.2, 0.25) is 0 Å². The largest absolute Gasteiger partial charge is 0.325 e. The van der Waals surface area contributed by atoms with Crippen molar-refractivity contribution in [2.24, 2.45) is 0 Å². The maximum atomic E-state index is 4.29. The summed E-state index contributed by atoms with van der Waals surface area (Å²) >= 11 is 0. The van der Waals surface area contributed by atoms with Crippen LogP contribution in [0, 0.1) is 20.8 Å². The topological polar surface area (TPSA) is 50.7 Å². The van der Waals surface area contributed by atoms with E-state index in [2.05, 4.69) is 27.2 Å². The van der Waals surface area contributed by atoms with Crippen LogP contribution in [-0.4, -0.2) is 15.0 Å². The summed E-state index contributed by atoms with van der Waals surface area (Å²) in [4.78, 5) is 12.6. The van der Waals surface area contributed by atoms with Crippen LogP contribution in [0.15, 0.2) is 24.5 Å². The van der Waals surface area contributed by atoms with Crippen molar-refractivity contribution in [1.82, 2.24) is 15.0 Å². The molecule has 2 aromatic heterocycles. The Morgan fingerprint density at radius 2 is 1.81 bits per heavy atom. The summed E-state index contributed by atoms with van der Waals surface area (Å²) in [5, 5.41) is 3.15. The number of pyridine rings is 1. The van der Waals surface area contributed by atoms with Gasteiger partial charge in [-0.25, -0.2) is 15.0 Å². The third-order valence-electron chi connectivity index (χ3n) is 2.40.